The molecule has 0 aromatic carbocycles. The maximum Gasteiger partial charge on any atom is 0.188 e. The van der Waals surface area contributed by atoms with Gasteiger partial charge in [0.25, 0.3) is 0 Å². The van der Waals surface area contributed by atoms with Crippen LogP contribution >= 0.6 is 11.3 Å². The zero-order chi connectivity index (χ0) is 22.6. The van der Waals surface area contributed by atoms with Gasteiger partial charge in [-0.25, -0.2) is 15.0 Å². The molecule has 2 aromatic heterocycles. The molecule has 2 aromatic rings. The van der Waals surface area contributed by atoms with Crippen molar-refractivity contribution in [3.63, 3.8) is 0 Å². The Hall–Kier alpha value is -1.89. The second kappa shape index (κ2) is 13.6. The Labute approximate surface area is 194 Å². The molecule has 3 rings (SSSR count). The molecular weight excluding hydrogens is 430 g/mol. The van der Waals surface area contributed by atoms with Crippen LogP contribution in [-0.4, -0.2) is 98.8 Å². The monoisotopic (exact) mass is 465 g/mol. The minimum Gasteiger partial charge on any atom is -0.378 e. The van der Waals surface area contributed by atoms with Gasteiger partial charge < -0.3 is 30.2 Å². The van der Waals surface area contributed by atoms with Crippen LogP contribution in [-0.2, 0) is 14.2 Å². The Kier molecular flexibility index (Phi) is 10.5. The highest BCUT2D eigenvalue weighted by Crippen LogP contribution is 2.23. The Morgan fingerprint density at radius 2 is 1.66 bits per heavy atom. The van der Waals surface area contributed by atoms with E-state index in [0.717, 1.165) is 55.3 Å². The third-order valence-electron chi connectivity index (χ3n) is 4.94. The molecule has 0 radical (unpaired) electrons. The molecule has 0 aliphatic carbocycles. The Morgan fingerprint density at radius 3 is 2.31 bits per heavy atom. The lowest BCUT2D eigenvalue weighted by Crippen LogP contribution is -2.47. The number of nitrogens with one attached hydrogen (secondary N) is 1. The van der Waals surface area contributed by atoms with E-state index in [4.69, 9.17) is 19.9 Å². The molecule has 1 fully saturated rings. The molecule has 1 aliphatic rings. The molecule has 0 saturated carbocycles. The van der Waals surface area contributed by atoms with Gasteiger partial charge in [-0.1, -0.05) is 0 Å². The molecule has 10 nitrogen and oxygen atoms in total. The molecule has 0 bridgehead atoms. The van der Waals surface area contributed by atoms with Gasteiger partial charge in [0.2, 0.25) is 0 Å². The van der Waals surface area contributed by atoms with Crippen LogP contribution in [0.4, 0.5) is 16.8 Å². The number of piperazine rings is 1. The number of thiazole rings is 1. The molecule has 3 N–H and O–H groups in total. The maximum absolute atomic E-state index is 5.69. The number of anilines is 3. The van der Waals surface area contributed by atoms with Crippen LogP contribution in [0.5, 0.6) is 0 Å². The van der Waals surface area contributed by atoms with E-state index in [2.05, 4.69) is 30.1 Å². The summed E-state index contributed by atoms with van der Waals surface area (Å²) in [6.07, 6.45) is 1.86. The summed E-state index contributed by atoms with van der Waals surface area (Å²) in [5.41, 5.74) is 5.36. The molecule has 1 aliphatic heterocycles. The van der Waals surface area contributed by atoms with Crippen molar-refractivity contribution < 1.29 is 14.2 Å². The number of nitrogens with two attached hydrogens (primary N) is 1. The number of rotatable bonds is 14. The highest BCUT2D eigenvalue weighted by molar-refractivity contribution is 7.15. The van der Waals surface area contributed by atoms with Gasteiger partial charge >= 0.3 is 0 Å². The summed E-state index contributed by atoms with van der Waals surface area (Å²) >= 11 is 1.62. The van der Waals surface area contributed by atoms with Crippen molar-refractivity contribution in [1.29, 1.82) is 0 Å². The molecule has 32 heavy (non-hydrogen) atoms. The average molecular weight is 466 g/mol. The zero-order valence-corrected chi connectivity index (χ0v) is 19.9. The number of hydrogen-bond acceptors (Lipinski definition) is 11. The van der Waals surface area contributed by atoms with Crippen LogP contribution < -0.4 is 16.0 Å². The molecule has 0 spiro atoms. The maximum atomic E-state index is 5.69. The molecule has 0 atom stereocenters. The fraction of sp³-hybridized carbons (Fsp3) is 0.667. The van der Waals surface area contributed by atoms with E-state index in [0.29, 0.717) is 46.2 Å². The molecular formula is C21H35N7O3S. The number of aromatic nitrogens is 3. The molecule has 1 saturated heterocycles. The van der Waals surface area contributed by atoms with Gasteiger partial charge in [0.05, 0.1) is 39.6 Å². The minimum absolute atomic E-state index is 0.543. The van der Waals surface area contributed by atoms with Gasteiger partial charge in [0.1, 0.15) is 17.5 Å². The number of aryl methyl sites for hydroxylation is 2. The SMILES string of the molecule is Cc1nc(Nc2ncc(C)s2)cc(N2CCN(CCOCCOCCOCCN)CC2)n1. The van der Waals surface area contributed by atoms with Crippen LogP contribution in [0.2, 0.25) is 0 Å². The summed E-state index contributed by atoms with van der Waals surface area (Å²) in [6, 6.07) is 2.00. The van der Waals surface area contributed by atoms with Crippen molar-refractivity contribution in [2.24, 2.45) is 5.73 Å². The highest BCUT2D eigenvalue weighted by Gasteiger charge is 2.19. The Morgan fingerprint density at radius 1 is 0.969 bits per heavy atom. The first kappa shape index (κ1) is 24.7. The van der Waals surface area contributed by atoms with Crippen molar-refractivity contribution in [2.75, 3.05) is 89.1 Å². The second-order valence-corrected chi connectivity index (χ2v) is 8.75. The third-order valence-corrected chi connectivity index (χ3v) is 5.76. The van der Waals surface area contributed by atoms with Crippen molar-refractivity contribution in [3.05, 3.63) is 23.0 Å². The van der Waals surface area contributed by atoms with Gasteiger partial charge in [0, 0.05) is 56.4 Å². The first-order valence-corrected chi connectivity index (χ1v) is 11.9. The lowest BCUT2D eigenvalue weighted by molar-refractivity contribution is 0.0116. The van der Waals surface area contributed by atoms with E-state index in [1.54, 1.807) is 11.3 Å². The van der Waals surface area contributed by atoms with Crippen molar-refractivity contribution in [1.82, 2.24) is 19.9 Å². The van der Waals surface area contributed by atoms with Gasteiger partial charge in [-0.05, 0) is 13.8 Å². The van der Waals surface area contributed by atoms with E-state index in [-0.39, 0.29) is 0 Å². The molecule has 178 valence electrons. The van der Waals surface area contributed by atoms with Gasteiger partial charge in [0.15, 0.2) is 5.13 Å². The van der Waals surface area contributed by atoms with Crippen molar-refractivity contribution in [2.45, 2.75) is 13.8 Å². The molecule has 3 heterocycles. The highest BCUT2D eigenvalue weighted by atomic mass is 32.1. The smallest absolute Gasteiger partial charge is 0.188 e. The topological polar surface area (TPSA) is 111 Å². The Bertz CT molecular complexity index is 799. The second-order valence-electron chi connectivity index (χ2n) is 7.51. The largest absolute Gasteiger partial charge is 0.378 e. The third kappa shape index (κ3) is 8.57. The van der Waals surface area contributed by atoms with Crippen molar-refractivity contribution >= 4 is 28.1 Å². The first-order chi connectivity index (χ1) is 15.6. The predicted octanol–water partition coefficient (Wildman–Crippen LogP) is 1.42. The molecule has 0 unspecified atom stereocenters. The van der Waals surface area contributed by atoms with Gasteiger partial charge in [-0.3, -0.25) is 4.90 Å². The molecule has 0 amide bonds. The normalized spacial score (nSPS) is 14.8. The lowest BCUT2D eigenvalue weighted by Gasteiger charge is -2.35. The quantitative estimate of drug-likeness (QED) is 0.397. The lowest BCUT2D eigenvalue weighted by atomic mass is 10.3. The Balaban J connectivity index is 1.32. The van der Waals surface area contributed by atoms with Crippen LogP contribution in [0.15, 0.2) is 12.3 Å². The van der Waals surface area contributed by atoms with E-state index in [9.17, 15) is 0 Å². The predicted molar refractivity (Wildman–Crippen MR) is 127 cm³/mol. The van der Waals surface area contributed by atoms with Crippen LogP contribution in [0.3, 0.4) is 0 Å². The van der Waals surface area contributed by atoms with E-state index in [1.807, 2.05) is 26.1 Å². The minimum atomic E-state index is 0.543. The summed E-state index contributed by atoms with van der Waals surface area (Å²) in [5.74, 6) is 2.49. The number of ether oxygens (including phenoxy) is 3. The van der Waals surface area contributed by atoms with Crippen LogP contribution in [0.25, 0.3) is 0 Å². The summed E-state index contributed by atoms with van der Waals surface area (Å²) in [5, 5.41) is 4.14. The fourth-order valence-electron chi connectivity index (χ4n) is 3.32. The summed E-state index contributed by atoms with van der Waals surface area (Å²) in [7, 11) is 0. The average Bonchev–Trinajstić information content (AvgIpc) is 3.19. The van der Waals surface area contributed by atoms with Crippen LogP contribution in [0, 0.1) is 13.8 Å². The van der Waals surface area contributed by atoms with E-state index in [1.165, 1.54) is 4.88 Å². The van der Waals surface area contributed by atoms with Gasteiger partial charge in [-0.2, -0.15) is 0 Å². The summed E-state index contributed by atoms with van der Waals surface area (Å²) in [4.78, 5) is 19.4. The molecule has 11 heteroatoms. The fourth-order valence-corrected chi connectivity index (χ4v) is 3.99. The first-order valence-electron chi connectivity index (χ1n) is 11.1. The number of nitrogens with zero attached hydrogens (tertiary/aromatic N) is 5. The zero-order valence-electron chi connectivity index (χ0n) is 19.1. The van der Waals surface area contributed by atoms with Crippen LogP contribution in [0.1, 0.15) is 10.7 Å². The van der Waals surface area contributed by atoms with Crippen molar-refractivity contribution in [3.8, 4) is 0 Å². The summed E-state index contributed by atoms with van der Waals surface area (Å²) in [6.45, 7) is 12.9. The van der Waals surface area contributed by atoms with E-state index >= 15 is 0 Å². The standard InChI is InChI=1S/C21H35N7O3S/c1-17-16-23-21(32-17)26-19-15-20(25-18(2)24-19)28-6-4-27(5-7-28)8-10-30-12-14-31-13-11-29-9-3-22/h15-16H,3-14,22H2,1-2H3,(H,23,24,25,26). The van der Waals surface area contributed by atoms with E-state index < -0.39 is 0 Å². The van der Waals surface area contributed by atoms with Gasteiger partial charge in [-0.15, -0.1) is 11.3 Å². The number of hydrogen-bond donors (Lipinski definition) is 2. The summed E-state index contributed by atoms with van der Waals surface area (Å²) < 4.78 is 16.4.